The van der Waals surface area contributed by atoms with E-state index in [0.29, 0.717) is 11.1 Å². The highest BCUT2D eigenvalue weighted by Crippen LogP contribution is 2.33. The van der Waals surface area contributed by atoms with Crippen LogP contribution in [0.1, 0.15) is 0 Å². The van der Waals surface area contributed by atoms with Crippen molar-refractivity contribution in [2.75, 3.05) is 7.11 Å². The minimum absolute atomic E-state index is 0.0313. The summed E-state index contributed by atoms with van der Waals surface area (Å²) < 4.78 is 10.4. The van der Waals surface area contributed by atoms with Crippen molar-refractivity contribution in [3.63, 3.8) is 0 Å². The second-order valence-electron chi connectivity index (χ2n) is 4.72. The van der Waals surface area contributed by atoms with Gasteiger partial charge in [0.2, 0.25) is 0 Å². The topological polar surface area (TPSA) is 104 Å². The normalized spacial score (nSPS) is 10.8. The third kappa shape index (κ3) is 2.10. The highest BCUT2D eigenvalue weighted by Gasteiger charge is 2.19. The van der Waals surface area contributed by atoms with E-state index in [1.807, 2.05) is 0 Å². The zero-order chi connectivity index (χ0) is 15.9. The van der Waals surface area contributed by atoms with Gasteiger partial charge in [-0.2, -0.15) is 0 Å². The Morgan fingerprint density at radius 3 is 2.55 bits per heavy atom. The Labute approximate surface area is 124 Å². The molecule has 0 aliphatic rings. The molecule has 112 valence electrons. The molecule has 1 aromatic heterocycles. The molecule has 22 heavy (non-hydrogen) atoms. The van der Waals surface area contributed by atoms with E-state index >= 15 is 0 Å². The minimum atomic E-state index is -0.302. The molecule has 2 aromatic carbocycles. The second kappa shape index (κ2) is 5.00. The Morgan fingerprint density at radius 1 is 1.05 bits per heavy atom. The average molecular weight is 301 g/mol. The summed E-state index contributed by atoms with van der Waals surface area (Å²) >= 11 is 0. The van der Waals surface area contributed by atoms with Crippen LogP contribution in [0, 0.1) is 0 Å². The summed E-state index contributed by atoms with van der Waals surface area (Å²) in [4.78, 5) is 10.4. The van der Waals surface area contributed by atoms with Crippen LogP contribution in [-0.2, 0) is 0 Å². The van der Waals surface area contributed by atoms with Crippen molar-refractivity contribution in [2.45, 2.75) is 0 Å². The Kier molecular flexibility index (Phi) is 3.14. The van der Waals surface area contributed by atoms with Crippen molar-refractivity contribution in [1.82, 2.24) is 0 Å². The average Bonchev–Trinajstić information content (AvgIpc) is 2.47. The molecule has 0 fully saturated rings. The summed E-state index contributed by atoms with van der Waals surface area (Å²) in [5.41, 5.74) is 0.785. The first-order valence-corrected chi connectivity index (χ1v) is 6.38. The fourth-order valence-electron chi connectivity index (χ4n) is 2.28. The molecule has 0 spiro atoms. The quantitative estimate of drug-likeness (QED) is 0.630. The smallest absolute Gasteiger partial charge is 0.365 e. The number of phenolic OH excluding ortho intramolecular Hbond substituents is 3. The number of phenols is 3. The van der Waals surface area contributed by atoms with E-state index in [4.69, 9.17) is 9.15 Å². The summed E-state index contributed by atoms with van der Waals surface area (Å²) in [6, 6.07) is 6.93. The number of aromatic hydroxyl groups is 3. The molecule has 0 amide bonds. The maximum atomic E-state index is 10.4. The van der Waals surface area contributed by atoms with Crippen molar-refractivity contribution < 1.29 is 29.3 Å². The standard InChI is InChI=1S/C16H12O6/c1-21-13-4-8(2-3-11(13)18)10-7-22-14-6-9(17)5-12(19)15(14)16(10)20/h2-7,17-19H,1H3/p+1. The van der Waals surface area contributed by atoms with E-state index in [1.54, 1.807) is 6.07 Å². The third-order valence-corrected chi connectivity index (χ3v) is 3.35. The van der Waals surface area contributed by atoms with Crippen LogP contribution in [-0.4, -0.2) is 27.2 Å². The van der Waals surface area contributed by atoms with Crippen LogP contribution < -0.4 is 10.2 Å². The first-order valence-electron chi connectivity index (χ1n) is 6.38. The number of benzene rings is 2. The Hall–Kier alpha value is -3.15. The van der Waals surface area contributed by atoms with E-state index in [-0.39, 0.29) is 39.4 Å². The first kappa shape index (κ1) is 13.8. The van der Waals surface area contributed by atoms with Gasteiger partial charge in [-0.15, -0.1) is 0 Å². The van der Waals surface area contributed by atoms with Crippen LogP contribution in [0.2, 0.25) is 0 Å². The predicted octanol–water partition coefficient (Wildman–Crippen LogP) is 2.23. The van der Waals surface area contributed by atoms with Gasteiger partial charge in [0.25, 0.3) is 0 Å². The molecular weight excluding hydrogens is 288 g/mol. The zero-order valence-corrected chi connectivity index (χ0v) is 11.6. The van der Waals surface area contributed by atoms with Crippen LogP contribution in [0.15, 0.2) is 41.0 Å². The van der Waals surface area contributed by atoms with Gasteiger partial charge in [0.15, 0.2) is 22.5 Å². The van der Waals surface area contributed by atoms with Gasteiger partial charge in [0.1, 0.15) is 23.3 Å². The molecule has 0 saturated heterocycles. The van der Waals surface area contributed by atoms with Crippen LogP contribution in [0.4, 0.5) is 0 Å². The summed E-state index contributed by atoms with van der Waals surface area (Å²) in [7, 11) is 1.41. The van der Waals surface area contributed by atoms with Crippen LogP contribution in [0.3, 0.4) is 0 Å². The maximum Gasteiger partial charge on any atom is 0.365 e. The number of ether oxygens (including phenoxy) is 1. The van der Waals surface area contributed by atoms with Gasteiger partial charge in [-0.3, -0.25) is 4.79 Å². The van der Waals surface area contributed by atoms with Gasteiger partial charge >= 0.3 is 5.43 Å². The fourth-order valence-corrected chi connectivity index (χ4v) is 2.28. The summed E-state index contributed by atoms with van der Waals surface area (Å²) in [6.45, 7) is 0. The van der Waals surface area contributed by atoms with Crippen molar-refractivity contribution >= 4 is 11.0 Å². The van der Waals surface area contributed by atoms with Crippen LogP contribution in [0.25, 0.3) is 22.1 Å². The Bertz CT molecular complexity index is 926. The molecule has 0 bridgehead atoms. The largest absolute Gasteiger partial charge is 0.508 e. The molecule has 3 aromatic rings. The molecule has 0 unspecified atom stereocenters. The first-order chi connectivity index (χ1) is 10.5. The number of methoxy groups -OCH3 is 1. The number of hydrogen-bond acceptors (Lipinski definition) is 5. The SMILES string of the molecule is COc1cc(-c2coc3cc(O)cc(O)c3c2=[OH+])ccc1O. The maximum absolute atomic E-state index is 10.4. The van der Waals surface area contributed by atoms with Crippen molar-refractivity contribution in [2.24, 2.45) is 0 Å². The van der Waals surface area contributed by atoms with E-state index in [9.17, 15) is 20.1 Å². The molecule has 0 radical (unpaired) electrons. The van der Waals surface area contributed by atoms with Crippen molar-refractivity contribution in [1.29, 1.82) is 0 Å². The molecule has 6 nitrogen and oxygen atoms in total. The van der Waals surface area contributed by atoms with E-state index < -0.39 is 0 Å². The van der Waals surface area contributed by atoms with Gasteiger partial charge in [-0.05, 0) is 23.8 Å². The van der Waals surface area contributed by atoms with Gasteiger partial charge in [-0.1, -0.05) is 0 Å². The zero-order valence-electron chi connectivity index (χ0n) is 11.6. The third-order valence-electron chi connectivity index (χ3n) is 3.35. The summed E-state index contributed by atoms with van der Waals surface area (Å²) in [5, 5.41) is 29.0. The lowest BCUT2D eigenvalue weighted by Crippen LogP contribution is -2.07. The lowest BCUT2D eigenvalue weighted by molar-refractivity contribution is 0.373. The lowest BCUT2D eigenvalue weighted by Gasteiger charge is -2.06. The molecule has 0 aliphatic heterocycles. The van der Waals surface area contributed by atoms with Crippen LogP contribution in [0.5, 0.6) is 23.0 Å². The second-order valence-corrected chi connectivity index (χ2v) is 4.72. The predicted molar refractivity (Wildman–Crippen MR) is 78.3 cm³/mol. The molecule has 6 heteroatoms. The molecule has 0 aliphatic carbocycles. The number of fused-ring (bicyclic) bond motifs is 1. The molecule has 0 atom stereocenters. The lowest BCUT2D eigenvalue weighted by atomic mass is 10.0. The van der Waals surface area contributed by atoms with Gasteiger partial charge < -0.3 is 24.5 Å². The molecular formula is C16H13O6+. The number of hydrogen-bond donors (Lipinski definition) is 3. The monoisotopic (exact) mass is 301 g/mol. The van der Waals surface area contributed by atoms with Crippen molar-refractivity contribution in [3.8, 4) is 34.1 Å². The van der Waals surface area contributed by atoms with Crippen LogP contribution >= 0.6 is 0 Å². The molecule has 4 N–H and O–H groups in total. The minimum Gasteiger partial charge on any atom is -0.508 e. The molecule has 3 rings (SSSR count). The highest BCUT2D eigenvalue weighted by molar-refractivity contribution is 5.87. The molecule has 0 saturated carbocycles. The summed E-state index contributed by atoms with van der Waals surface area (Å²) in [6.07, 6.45) is 1.29. The van der Waals surface area contributed by atoms with E-state index in [2.05, 4.69) is 0 Å². The molecule has 1 heterocycles. The Morgan fingerprint density at radius 2 is 1.82 bits per heavy atom. The van der Waals surface area contributed by atoms with Gasteiger partial charge in [0.05, 0.1) is 7.11 Å². The van der Waals surface area contributed by atoms with E-state index in [1.165, 1.54) is 31.6 Å². The van der Waals surface area contributed by atoms with Gasteiger partial charge in [-0.25, -0.2) is 0 Å². The Balaban J connectivity index is 2.29. The number of rotatable bonds is 2. The van der Waals surface area contributed by atoms with Gasteiger partial charge in [0, 0.05) is 12.1 Å². The summed E-state index contributed by atoms with van der Waals surface area (Å²) in [5.74, 6) is -0.265. The van der Waals surface area contributed by atoms with E-state index in [0.717, 1.165) is 6.07 Å². The highest BCUT2D eigenvalue weighted by atomic mass is 16.5. The fraction of sp³-hybridized carbons (Fsp3) is 0.0625. The van der Waals surface area contributed by atoms with Crippen molar-refractivity contribution in [3.05, 3.63) is 42.0 Å².